The van der Waals surface area contributed by atoms with E-state index in [1.165, 1.54) is 0 Å². The Morgan fingerprint density at radius 2 is 2.06 bits per heavy atom. The minimum Gasteiger partial charge on any atom is -0.464 e. The lowest BCUT2D eigenvalue weighted by Gasteiger charge is -2.10. The van der Waals surface area contributed by atoms with Crippen molar-refractivity contribution >= 4 is 22.2 Å². The molecule has 0 amide bonds. The summed E-state index contributed by atoms with van der Waals surface area (Å²) in [6.45, 7) is -0.343. The van der Waals surface area contributed by atoms with Gasteiger partial charge in [0.1, 0.15) is 18.3 Å². The van der Waals surface area contributed by atoms with Gasteiger partial charge in [-0.05, 0) is 11.1 Å². The number of rotatable bonds is 4. The van der Waals surface area contributed by atoms with Crippen molar-refractivity contribution < 1.29 is 22.5 Å². The molecule has 1 aliphatic rings. The fourth-order valence-corrected chi connectivity index (χ4v) is 2.09. The van der Waals surface area contributed by atoms with Gasteiger partial charge in [-0.2, -0.15) is 8.42 Å². The molecule has 0 radical (unpaired) electrons. The first-order valence-electron chi connectivity index (χ1n) is 5.36. The normalized spacial score (nSPS) is 17.5. The van der Waals surface area contributed by atoms with Gasteiger partial charge in [0.2, 0.25) is 0 Å². The molecule has 1 unspecified atom stereocenters. The predicted molar refractivity (Wildman–Crippen MR) is 65.6 cm³/mol. The summed E-state index contributed by atoms with van der Waals surface area (Å²) in [5, 5.41) is 0. The lowest BCUT2D eigenvalue weighted by Crippen LogP contribution is -2.18. The highest BCUT2D eigenvalue weighted by molar-refractivity contribution is 7.85. The van der Waals surface area contributed by atoms with Crippen molar-refractivity contribution in [1.82, 2.24) is 0 Å². The summed E-state index contributed by atoms with van der Waals surface area (Å²) in [6.07, 6.45) is 3.53. The maximum Gasteiger partial charge on any atom is 0.317 e. The van der Waals surface area contributed by atoms with E-state index in [9.17, 15) is 13.2 Å². The van der Waals surface area contributed by atoms with E-state index in [1.807, 2.05) is 30.3 Å². The summed E-state index contributed by atoms with van der Waals surface area (Å²) in [5.74, 6) is -1.60. The van der Waals surface area contributed by atoms with E-state index in [-0.39, 0.29) is 6.61 Å². The molecule has 6 heteroatoms. The van der Waals surface area contributed by atoms with Crippen LogP contribution in [-0.2, 0) is 19.6 Å². The first-order chi connectivity index (χ1) is 8.47. The smallest absolute Gasteiger partial charge is 0.317 e. The maximum atomic E-state index is 11.7. The molecule has 0 aromatic heterocycles. The van der Waals surface area contributed by atoms with Crippen LogP contribution in [0.25, 0.3) is 6.08 Å². The van der Waals surface area contributed by atoms with Crippen LogP contribution in [0.3, 0.4) is 0 Å². The average molecular weight is 268 g/mol. The van der Waals surface area contributed by atoms with Crippen molar-refractivity contribution in [3.8, 4) is 0 Å². The second kappa shape index (κ2) is 4.91. The topological polar surface area (TPSA) is 80.7 Å². The molecule has 96 valence electrons. The van der Waals surface area contributed by atoms with Crippen LogP contribution in [0.15, 0.2) is 30.3 Å². The van der Waals surface area contributed by atoms with E-state index >= 15 is 0 Å². The van der Waals surface area contributed by atoms with E-state index < -0.39 is 27.8 Å². The molecule has 1 atom stereocenters. The van der Waals surface area contributed by atoms with Crippen LogP contribution in [0.1, 0.15) is 17.0 Å². The van der Waals surface area contributed by atoms with Gasteiger partial charge in [-0.25, -0.2) is 0 Å². The molecule has 1 N–H and O–H groups in total. The Balaban J connectivity index is 1.98. The van der Waals surface area contributed by atoms with Crippen molar-refractivity contribution in [2.24, 2.45) is 0 Å². The fourth-order valence-electron chi connectivity index (χ4n) is 1.79. The van der Waals surface area contributed by atoms with Crippen LogP contribution in [0, 0.1) is 0 Å². The van der Waals surface area contributed by atoms with Gasteiger partial charge >= 0.3 is 5.97 Å². The van der Waals surface area contributed by atoms with Gasteiger partial charge in [0.25, 0.3) is 10.1 Å². The standard InChI is InChI=1S/C12H12O5S/c13-12(17-7-8-18(14,15)16)11-6-5-9-3-1-2-4-10(9)11/h1-6,11H,7-8H2,(H,14,15,16). The summed E-state index contributed by atoms with van der Waals surface area (Å²) < 4.78 is 34.3. The van der Waals surface area contributed by atoms with Gasteiger partial charge in [0, 0.05) is 0 Å². The molecule has 1 aromatic rings. The van der Waals surface area contributed by atoms with Gasteiger partial charge in [-0.3, -0.25) is 9.35 Å². The van der Waals surface area contributed by atoms with Gasteiger partial charge < -0.3 is 4.74 Å². The third-order valence-corrected chi connectivity index (χ3v) is 3.32. The lowest BCUT2D eigenvalue weighted by molar-refractivity contribution is -0.143. The summed E-state index contributed by atoms with van der Waals surface area (Å²) in [6, 6.07) is 7.40. The Morgan fingerprint density at radius 1 is 1.33 bits per heavy atom. The summed E-state index contributed by atoms with van der Waals surface area (Å²) in [7, 11) is -4.10. The number of fused-ring (bicyclic) bond motifs is 1. The Labute approximate surface area is 105 Å². The zero-order valence-electron chi connectivity index (χ0n) is 9.44. The Bertz CT molecular complexity index is 588. The fraction of sp³-hybridized carbons (Fsp3) is 0.250. The molecule has 0 spiro atoms. The van der Waals surface area contributed by atoms with Crippen LogP contribution in [0.2, 0.25) is 0 Å². The molecule has 1 aromatic carbocycles. The van der Waals surface area contributed by atoms with Crippen LogP contribution in [-0.4, -0.2) is 31.3 Å². The molecule has 18 heavy (non-hydrogen) atoms. The van der Waals surface area contributed by atoms with Gasteiger partial charge in [0.15, 0.2) is 0 Å². The summed E-state index contributed by atoms with van der Waals surface area (Å²) in [4.78, 5) is 11.7. The van der Waals surface area contributed by atoms with Gasteiger partial charge in [-0.15, -0.1) is 0 Å². The second-order valence-corrected chi connectivity index (χ2v) is 5.49. The van der Waals surface area contributed by atoms with E-state index in [0.717, 1.165) is 11.1 Å². The largest absolute Gasteiger partial charge is 0.464 e. The van der Waals surface area contributed by atoms with Crippen molar-refractivity contribution in [3.05, 3.63) is 41.5 Å². The zero-order valence-corrected chi connectivity index (χ0v) is 10.3. The van der Waals surface area contributed by atoms with E-state index in [4.69, 9.17) is 9.29 Å². The molecular weight excluding hydrogens is 256 g/mol. The third-order valence-electron chi connectivity index (χ3n) is 2.64. The van der Waals surface area contributed by atoms with Crippen molar-refractivity contribution in [2.75, 3.05) is 12.4 Å². The number of hydrogen-bond acceptors (Lipinski definition) is 4. The minimum absolute atomic E-state index is 0.343. The number of hydrogen-bond donors (Lipinski definition) is 1. The van der Waals surface area contributed by atoms with E-state index in [2.05, 4.69) is 0 Å². The molecule has 1 aliphatic carbocycles. The van der Waals surface area contributed by atoms with Crippen molar-refractivity contribution in [2.45, 2.75) is 5.92 Å². The lowest BCUT2D eigenvalue weighted by atomic mass is 10.0. The highest BCUT2D eigenvalue weighted by Crippen LogP contribution is 2.30. The van der Waals surface area contributed by atoms with E-state index in [1.54, 1.807) is 6.08 Å². The first-order valence-corrected chi connectivity index (χ1v) is 6.97. The SMILES string of the molecule is O=C(OCCS(=O)(=O)O)C1C=Cc2ccccc21. The number of carbonyl (C=O) groups excluding carboxylic acids is 1. The molecule has 2 rings (SSSR count). The molecule has 0 fully saturated rings. The Hall–Kier alpha value is -1.66. The Morgan fingerprint density at radius 3 is 2.78 bits per heavy atom. The van der Waals surface area contributed by atoms with E-state index in [0.29, 0.717) is 0 Å². The zero-order chi connectivity index (χ0) is 13.2. The summed E-state index contributed by atoms with van der Waals surface area (Å²) >= 11 is 0. The molecule has 0 heterocycles. The second-order valence-electron chi connectivity index (χ2n) is 3.92. The molecular formula is C12H12O5S. The van der Waals surface area contributed by atoms with Gasteiger partial charge in [-0.1, -0.05) is 36.4 Å². The average Bonchev–Trinajstić information content (AvgIpc) is 2.70. The molecule has 5 nitrogen and oxygen atoms in total. The first kappa shape index (κ1) is 12.8. The summed E-state index contributed by atoms with van der Waals surface area (Å²) in [5.41, 5.74) is 1.79. The van der Waals surface area contributed by atoms with Crippen LogP contribution >= 0.6 is 0 Å². The molecule has 0 saturated carbocycles. The predicted octanol–water partition coefficient (Wildman–Crippen LogP) is 1.23. The number of esters is 1. The van der Waals surface area contributed by atoms with Crippen LogP contribution in [0.5, 0.6) is 0 Å². The quantitative estimate of drug-likeness (QED) is 0.656. The Kier molecular flexibility index (Phi) is 3.49. The van der Waals surface area contributed by atoms with Gasteiger partial charge in [0.05, 0.1) is 0 Å². The molecule has 0 bridgehead atoms. The number of carbonyl (C=O) groups is 1. The number of ether oxygens (including phenoxy) is 1. The maximum absolute atomic E-state index is 11.7. The monoisotopic (exact) mass is 268 g/mol. The third kappa shape index (κ3) is 2.96. The van der Waals surface area contributed by atoms with Crippen LogP contribution in [0.4, 0.5) is 0 Å². The highest BCUT2D eigenvalue weighted by Gasteiger charge is 2.25. The molecule has 0 saturated heterocycles. The van der Waals surface area contributed by atoms with Crippen molar-refractivity contribution in [1.29, 1.82) is 0 Å². The van der Waals surface area contributed by atoms with Crippen molar-refractivity contribution in [3.63, 3.8) is 0 Å². The number of benzene rings is 1. The minimum atomic E-state index is -4.10. The highest BCUT2D eigenvalue weighted by atomic mass is 32.2. The molecule has 0 aliphatic heterocycles. The van der Waals surface area contributed by atoms with Crippen LogP contribution < -0.4 is 0 Å².